The molecule has 0 aliphatic rings. The Labute approximate surface area is 110 Å². The van der Waals surface area contributed by atoms with Crippen LogP contribution < -0.4 is 15.4 Å². The number of anilines is 2. The Hall–Kier alpha value is -2.69. The summed E-state index contributed by atoms with van der Waals surface area (Å²) in [5.41, 5.74) is 0.954. The van der Waals surface area contributed by atoms with Gasteiger partial charge in [-0.25, -0.2) is 4.79 Å². The minimum Gasteiger partial charge on any atom is -0.506 e. The molecule has 0 saturated carbocycles. The van der Waals surface area contributed by atoms with Crippen molar-refractivity contribution in [3.05, 3.63) is 48.5 Å². The molecule has 98 valence electrons. The molecule has 2 amide bonds. The minimum absolute atomic E-state index is 0.0241. The second kappa shape index (κ2) is 5.77. The summed E-state index contributed by atoms with van der Waals surface area (Å²) in [6, 6.07) is 13.2. The van der Waals surface area contributed by atoms with Gasteiger partial charge in [-0.15, -0.1) is 0 Å². The fourth-order valence-corrected chi connectivity index (χ4v) is 1.55. The van der Waals surface area contributed by atoms with Crippen LogP contribution in [0, 0.1) is 0 Å². The summed E-state index contributed by atoms with van der Waals surface area (Å²) in [7, 11) is 1.51. The molecule has 0 aromatic heterocycles. The van der Waals surface area contributed by atoms with Gasteiger partial charge in [-0.3, -0.25) is 0 Å². The highest BCUT2D eigenvalue weighted by Gasteiger charge is 2.07. The van der Waals surface area contributed by atoms with Gasteiger partial charge in [0.05, 0.1) is 12.8 Å². The number of benzene rings is 2. The molecule has 3 N–H and O–H groups in total. The monoisotopic (exact) mass is 258 g/mol. The molecule has 2 rings (SSSR count). The van der Waals surface area contributed by atoms with Gasteiger partial charge in [-0.2, -0.15) is 0 Å². The van der Waals surface area contributed by atoms with E-state index >= 15 is 0 Å². The molecule has 0 atom stereocenters. The fraction of sp³-hybridized carbons (Fsp3) is 0.0714. The molecule has 0 radical (unpaired) electrons. The van der Waals surface area contributed by atoms with Crippen LogP contribution in [0.5, 0.6) is 11.5 Å². The number of para-hydroxylation sites is 1. The van der Waals surface area contributed by atoms with Gasteiger partial charge in [0.2, 0.25) is 0 Å². The third-order valence-electron chi connectivity index (χ3n) is 2.48. The van der Waals surface area contributed by atoms with E-state index in [0.717, 1.165) is 0 Å². The maximum atomic E-state index is 11.8. The van der Waals surface area contributed by atoms with Crippen LogP contribution >= 0.6 is 0 Å². The van der Waals surface area contributed by atoms with Crippen LogP contribution in [0.25, 0.3) is 0 Å². The number of amides is 2. The lowest BCUT2D eigenvalue weighted by molar-refractivity contribution is 0.262. The number of carbonyl (C=O) groups excluding carboxylic acids is 1. The van der Waals surface area contributed by atoms with Gasteiger partial charge < -0.3 is 20.5 Å². The summed E-state index contributed by atoms with van der Waals surface area (Å²) >= 11 is 0. The summed E-state index contributed by atoms with van der Waals surface area (Å²) < 4.78 is 5.03. The van der Waals surface area contributed by atoms with Crippen LogP contribution in [-0.4, -0.2) is 18.2 Å². The van der Waals surface area contributed by atoms with E-state index in [1.165, 1.54) is 13.2 Å². The minimum atomic E-state index is -0.435. The van der Waals surface area contributed by atoms with Crippen molar-refractivity contribution >= 4 is 17.4 Å². The van der Waals surface area contributed by atoms with Crippen molar-refractivity contribution in [3.8, 4) is 11.5 Å². The lowest BCUT2D eigenvalue weighted by Crippen LogP contribution is -2.19. The first-order chi connectivity index (χ1) is 9.19. The van der Waals surface area contributed by atoms with Crippen molar-refractivity contribution in [1.82, 2.24) is 0 Å². The maximum Gasteiger partial charge on any atom is 0.323 e. The summed E-state index contributed by atoms with van der Waals surface area (Å²) in [5.74, 6) is 0.525. The van der Waals surface area contributed by atoms with Crippen molar-refractivity contribution < 1.29 is 14.6 Å². The van der Waals surface area contributed by atoms with Crippen molar-refractivity contribution in [2.75, 3.05) is 17.7 Å². The number of hydrogen-bond acceptors (Lipinski definition) is 3. The standard InChI is InChI=1S/C14H14N2O3/c1-19-11-7-8-13(17)12(9-11)16-14(18)15-10-5-3-2-4-6-10/h2-9,17H,1H3,(H2,15,16,18). The average Bonchev–Trinajstić information content (AvgIpc) is 2.42. The normalized spacial score (nSPS) is 9.74. The quantitative estimate of drug-likeness (QED) is 0.741. The molecule has 0 saturated heterocycles. The van der Waals surface area contributed by atoms with Crippen molar-refractivity contribution in [3.63, 3.8) is 0 Å². The van der Waals surface area contributed by atoms with Crippen LogP contribution in [0.4, 0.5) is 16.2 Å². The van der Waals surface area contributed by atoms with Gasteiger partial charge in [-0.1, -0.05) is 18.2 Å². The van der Waals surface area contributed by atoms with E-state index in [1.807, 2.05) is 18.2 Å². The van der Waals surface area contributed by atoms with E-state index in [9.17, 15) is 9.90 Å². The van der Waals surface area contributed by atoms with Crippen molar-refractivity contribution in [1.29, 1.82) is 0 Å². The number of nitrogens with one attached hydrogen (secondary N) is 2. The Morgan fingerprint density at radius 1 is 1.11 bits per heavy atom. The van der Waals surface area contributed by atoms with Crippen molar-refractivity contribution in [2.45, 2.75) is 0 Å². The van der Waals surface area contributed by atoms with E-state index < -0.39 is 6.03 Å². The van der Waals surface area contributed by atoms with Crippen LogP contribution in [0.15, 0.2) is 48.5 Å². The summed E-state index contributed by atoms with van der Waals surface area (Å²) in [6.07, 6.45) is 0. The Bertz CT molecular complexity index is 570. The highest BCUT2D eigenvalue weighted by atomic mass is 16.5. The number of hydrogen-bond donors (Lipinski definition) is 3. The lowest BCUT2D eigenvalue weighted by Gasteiger charge is -2.10. The Morgan fingerprint density at radius 3 is 2.53 bits per heavy atom. The van der Waals surface area contributed by atoms with Gasteiger partial charge in [0.25, 0.3) is 0 Å². The average molecular weight is 258 g/mol. The molecule has 0 spiro atoms. The first-order valence-electron chi connectivity index (χ1n) is 5.69. The zero-order chi connectivity index (χ0) is 13.7. The number of urea groups is 1. The maximum absolute atomic E-state index is 11.8. The van der Waals surface area contributed by atoms with Crippen LogP contribution in [-0.2, 0) is 0 Å². The molecule has 2 aromatic rings. The number of methoxy groups -OCH3 is 1. The topological polar surface area (TPSA) is 70.6 Å². The zero-order valence-electron chi connectivity index (χ0n) is 10.4. The predicted octanol–water partition coefficient (Wildman–Crippen LogP) is 3.04. The molecule has 0 heterocycles. The third kappa shape index (κ3) is 3.38. The highest BCUT2D eigenvalue weighted by molar-refractivity contribution is 6.00. The predicted molar refractivity (Wildman–Crippen MR) is 73.7 cm³/mol. The number of phenolic OH excluding ortho intramolecular Hbond substituents is 1. The molecule has 5 heteroatoms. The van der Waals surface area contributed by atoms with Gasteiger partial charge in [0.1, 0.15) is 11.5 Å². The Balaban J connectivity index is 2.06. The molecule has 19 heavy (non-hydrogen) atoms. The molecule has 0 fully saturated rings. The first-order valence-corrected chi connectivity index (χ1v) is 5.69. The Kier molecular flexibility index (Phi) is 3.87. The van der Waals surface area contributed by atoms with E-state index in [2.05, 4.69) is 10.6 Å². The number of phenols is 1. The molecular weight excluding hydrogens is 244 g/mol. The smallest absolute Gasteiger partial charge is 0.323 e. The van der Waals surface area contributed by atoms with E-state index in [0.29, 0.717) is 11.4 Å². The van der Waals surface area contributed by atoms with Gasteiger partial charge in [0, 0.05) is 11.8 Å². The second-order valence-electron chi connectivity index (χ2n) is 3.83. The second-order valence-corrected chi connectivity index (χ2v) is 3.83. The van der Waals surface area contributed by atoms with Crippen molar-refractivity contribution in [2.24, 2.45) is 0 Å². The molecule has 2 aromatic carbocycles. The van der Waals surface area contributed by atoms with E-state index in [-0.39, 0.29) is 11.4 Å². The third-order valence-corrected chi connectivity index (χ3v) is 2.48. The molecule has 0 unspecified atom stereocenters. The SMILES string of the molecule is COc1ccc(O)c(NC(=O)Nc2ccccc2)c1. The van der Waals surface area contributed by atoms with Crippen LogP contribution in [0.1, 0.15) is 0 Å². The summed E-state index contributed by atoms with van der Waals surface area (Å²) in [4.78, 5) is 11.8. The van der Waals surface area contributed by atoms with Crippen LogP contribution in [0.3, 0.4) is 0 Å². The molecule has 0 aliphatic heterocycles. The molecule has 5 nitrogen and oxygen atoms in total. The molecular formula is C14H14N2O3. The largest absolute Gasteiger partial charge is 0.506 e. The molecule has 0 bridgehead atoms. The number of carbonyl (C=O) groups is 1. The van der Waals surface area contributed by atoms with E-state index in [4.69, 9.17) is 4.74 Å². The lowest BCUT2D eigenvalue weighted by atomic mass is 10.2. The van der Waals surface area contributed by atoms with E-state index in [1.54, 1.807) is 24.3 Å². The van der Waals surface area contributed by atoms with Gasteiger partial charge in [0.15, 0.2) is 0 Å². The van der Waals surface area contributed by atoms with Gasteiger partial charge in [-0.05, 0) is 24.3 Å². The molecule has 0 aliphatic carbocycles. The zero-order valence-corrected chi connectivity index (χ0v) is 10.4. The number of rotatable bonds is 3. The van der Waals surface area contributed by atoms with Gasteiger partial charge >= 0.3 is 6.03 Å². The highest BCUT2D eigenvalue weighted by Crippen LogP contribution is 2.27. The number of ether oxygens (including phenoxy) is 1. The summed E-state index contributed by atoms with van der Waals surface area (Å²) in [6.45, 7) is 0. The Morgan fingerprint density at radius 2 is 1.84 bits per heavy atom. The fourth-order valence-electron chi connectivity index (χ4n) is 1.55. The number of aromatic hydroxyl groups is 1. The summed E-state index contributed by atoms with van der Waals surface area (Å²) in [5, 5.41) is 14.9. The first kappa shape index (κ1) is 12.8. The van der Waals surface area contributed by atoms with Crippen LogP contribution in [0.2, 0.25) is 0 Å².